The van der Waals surface area contributed by atoms with Crippen molar-refractivity contribution >= 4 is 23.2 Å². The Bertz CT molecular complexity index is 839. The minimum absolute atomic E-state index is 0.0862. The van der Waals surface area contributed by atoms with Gasteiger partial charge >= 0.3 is 0 Å². The highest BCUT2D eigenvalue weighted by atomic mass is 35.5. The Hall–Kier alpha value is -2.40. The minimum Gasteiger partial charge on any atom is -0.346 e. The van der Waals surface area contributed by atoms with Gasteiger partial charge in [-0.05, 0) is 30.7 Å². The number of aryl methyl sites for hydroxylation is 1. The molecule has 0 aliphatic carbocycles. The molecular weight excluding hydrogens is 305 g/mol. The second kappa shape index (κ2) is 5.77. The van der Waals surface area contributed by atoms with E-state index in [1.807, 2.05) is 35.9 Å². The molecule has 3 aromatic rings. The van der Waals surface area contributed by atoms with Gasteiger partial charge in [0.05, 0.1) is 22.8 Å². The number of nitrogens with zero attached hydrogens (tertiary/aromatic N) is 2. The number of amides is 1. The molecule has 0 fully saturated rings. The third-order valence-electron chi connectivity index (χ3n) is 3.27. The Morgan fingerprint density at radius 3 is 2.91 bits per heavy atom. The summed E-state index contributed by atoms with van der Waals surface area (Å²) in [7, 11) is 0. The molecule has 1 amide bonds. The molecule has 0 saturated heterocycles. The fourth-order valence-corrected chi connectivity index (χ4v) is 2.46. The van der Waals surface area contributed by atoms with E-state index in [0.717, 1.165) is 11.2 Å². The maximum Gasteiger partial charge on any atom is 0.256 e. The highest BCUT2D eigenvalue weighted by Gasteiger charge is 2.15. The predicted octanol–water partition coefficient (Wildman–Crippen LogP) is 3.37. The lowest BCUT2D eigenvalue weighted by Gasteiger charge is -2.06. The van der Waals surface area contributed by atoms with E-state index in [4.69, 9.17) is 11.6 Å². The lowest BCUT2D eigenvalue weighted by Crippen LogP contribution is -2.24. The molecule has 1 N–H and O–H groups in total. The molecule has 4 nitrogen and oxygen atoms in total. The molecule has 0 spiro atoms. The average molecular weight is 318 g/mol. The van der Waals surface area contributed by atoms with Crippen molar-refractivity contribution < 1.29 is 9.18 Å². The van der Waals surface area contributed by atoms with Crippen LogP contribution in [0.2, 0.25) is 5.02 Å². The van der Waals surface area contributed by atoms with Gasteiger partial charge in [-0.25, -0.2) is 9.37 Å². The number of fused-ring (bicyclic) bond motifs is 1. The third-order valence-corrected chi connectivity index (χ3v) is 3.58. The number of imidazole rings is 1. The molecule has 2 heterocycles. The molecule has 1 aromatic carbocycles. The van der Waals surface area contributed by atoms with Gasteiger partial charge in [0, 0.05) is 12.4 Å². The number of carbonyl (C=O) groups is 1. The fourth-order valence-electron chi connectivity index (χ4n) is 2.21. The van der Waals surface area contributed by atoms with Crippen molar-refractivity contribution in [3.05, 3.63) is 70.4 Å². The lowest BCUT2D eigenvalue weighted by atomic mass is 10.2. The van der Waals surface area contributed by atoms with Crippen LogP contribution in [0.1, 0.15) is 21.6 Å². The van der Waals surface area contributed by atoms with E-state index in [2.05, 4.69) is 10.3 Å². The Morgan fingerprint density at radius 1 is 1.32 bits per heavy atom. The second-order valence-corrected chi connectivity index (χ2v) is 5.39. The zero-order valence-electron chi connectivity index (χ0n) is 11.8. The van der Waals surface area contributed by atoms with Gasteiger partial charge in [-0.15, -0.1) is 0 Å². The van der Waals surface area contributed by atoms with Crippen molar-refractivity contribution in [3.63, 3.8) is 0 Å². The first-order valence-electron chi connectivity index (χ1n) is 6.71. The van der Waals surface area contributed by atoms with Gasteiger partial charge in [0.2, 0.25) is 0 Å². The van der Waals surface area contributed by atoms with E-state index < -0.39 is 11.7 Å². The first-order chi connectivity index (χ1) is 10.5. The Balaban J connectivity index is 1.77. The summed E-state index contributed by atoms with van der Waals surface area (Å²) >= 11 is 5.87. The number of hydrogen-bond acceptors (Lipinski definition) is 2. The molecule has 0 aliphatic rings. The van der Waals surface area contributed by atoms with Crippen LogP contribution in [-0.4, -0.2) is 15.3 Å². The maximum atomic E-state index is 13.7. The van der Waals surface area contributed by atoms with Crippen molar-refractivity contribution in [1.82, 2.24) is 14.7 Å². The van der Waals surface area contributed by atoms with Crippen LogP contribution >= 0.6 is 11.6 Å². The molecule has 0 radical (unpaired) electrons. The first-order valence-corrected chi connectivity index (χ1v) is 7.09. The summed E-state index contributed by atoms with van der Waals surface area (Å²) in [6.45, 7) is 2.19. The van der Waals surface area contributed by atoms with Crippen LogP contribution in [0.15, 0.2) is 42.7 Å². The highest BCUT2D eigenvalue weighted by molar-refractivity contribution is 6.33. The van der Waals surface area contributed by atoms with Crippen molar-refractivity contribution in [1.29, 1.82) is 0 Å². The van der Waals surface area contributed by atoms with Crippen molar-refractivity contribution in [2.75, 3.05) is 0 Å². The quantitative estimate of drug-likeness (QED) is 0.805. The van der Waals surface area contributed by atoms with Crippen LogP contribution < -0.4 is 5.32 Å². The van der Waals surface area contributed by atoms with Crippen molar-refractivity contribution in [2.24, 2.45) is 0 Å². The summed E-state index contributed by atoms with van der Waals surface area (Å²) in [4.78, 5) is 16.4. The SMILES string of the molecule is Cc1ccc2nc(CNC(=O)c3c(F)cccc3Cl)cn2c1. The number of nitrogens with one attached hydrogen (secondary N) is 1. The summed E-state index contributed by atoms with van der Waals surface area (Å²) < 4.78 is 15.6. The standard InChI is InChI=1S/C16H13ClFN3O/c1-10-5-6-14-20-11(9-21(14)8-10)7-19-16(22)15-12(17)3-2-4-13(15)18/h2-6,8-9H,7H2,1H3,(H,19,22). The molecule has 0 bridgehead atoms. The number of aromatic nitrogens is 2. The molecule has 112 valence electrons. The van der Waals surface area contributed by atoms with E-state index >= 15 is 0 Å². The Morgan fingerprint density at radius 2 is 2.14 bits per heavy atom. The van der Waals surface area contributed by atoms with Gasteiger partial charge in [0.25, 0.3) is 5.91 Å². The van der Waals surface area contributed by atoms with Crippen LogP contribution in [-0.2, 0) is 6.54 Å². The van der Waals surface area contributed by atoms with Gasteiger partial charge in [-0.3, -0.25) is 4.79 Å². The summed E-state index contributed by atoms with van der Waals surface area (Å²) in [6, 6.07) is 8.00. The van der Waals surface area contributed by atoms with Crippen LogP contribution in [0.3, 0.4) is 0 Å². The number of halogens is 2. The van der Waals surface area contributed by atoms with Gasteiger partial charge in [0.15, 0.2) is 0 Å². The van der Waals surface area contributed by atoms with E-state index in [-0.39, 0.29) is 17.1 Å². The van der Waals surface area contributed by atoms with Crippen molar-refractivity contribution in [2.45, 2.75) is 13.5 Å². The summed E-state index contributed by atoms with van der Waals surface area (Å²) in [5.74, 6) is -1.20. The molecule has 3 rings (SSSR count). The summed E-state index contributed by atoms with van der Waals surface area (Å²) in [5.41, 5.74) is 2.44. The second-order valence-electron chi connectivity index (χ2n) is 4.98. The van der Waals surface area contributed by atoms with E-state index in [9.17, 15) is 9.18 Å². The lowest BCUT2D eigenvalue weighted by molar-refractivity contribution is 0.0946. The average Bonchev–Trinajstić information content (AvgIpc) is 2.87. The Kier molecular flexibility index (Phi) is 3.81. The molecule has 22 heavy (non-hydrogen) atoms. The predicted molar refractivity (Wildman–Crippen MR) is 82.5 cm³/mol. The van der Waals surface area contributed by atoms with Gasteiger partial charge in [-0.2, -0.15) is 0 Å². The largest absolute Gasteiger partial charge is 0.346 e. The fraction of sp³-hybridized carbons (Fsp3) is 0.125. The van der Waals surface area contributed by atoms with Gasteiger partial charge in [-0.1, -0.05) is 23.7 Å². The molecule has 0 atom stereocenters. The van der Waals surface area contributed by atoms with Crippen LogP contribution in [0, 0.1) is 12.7 Å². The van der Waals surface area contributed by atoms with Crippen molar-refractivity contribution in [3.8, 4) is 0 Å². The summed E-state index contributed by atoms with van der Waals surface area (Å²) in [6.07, 6.45) is 3.77. The summed E-state index contributed by atoms with van der Waals surface area (Å²) in [5, 5.41) is 2.72. The van der Waals surface area contributed by atoms with Crippen LogP contribution in [0.4, 0.5) is 4.39 Å². The number of hydrogen-bond donors (Lipinski definition) is 1. The molecule has 0 saturated carbocycles. The normalized spacial score (nSPS) is 10.9. The van der Waals surface area contributed by atoms with E-state index in [1.165, 1.54) is 18.2 Å². The molecule has 0 aliphatic heterocycles. The molecule has 0 unspecified atom stereocenters. The first kappa shape index (κ1) is 14.5. The zero-order chi connectivity index (χ0) is 15.7. The van der Waals surface area contributed by atoms with Gasteiger partial charge in [0.1, 0.15) is 11.5 Å². The van der Waals surface area contributed by atoms with Crippen LogP contribution in [0.5, 0.6) is 0 Å². The topological polar surface area (TPSA) is 46.4 Å². The number of rotatable bonds is 3. The van der Waals surface area contributed by atoms with Gasteiger partial charge < -0.3 is 9.72 Å². The number of carbonyl (C=O) groups excluding carboxylic acids is 1. The Labute approximate surface area is 131 Å². The van der Waals surface area contributed by atoms with E-state index in [0.29, 0.717) is 5.69 Å². The minimum atomic E-state index is -0.643. The third kappa shape index (κ3) is 2.80. The monoisotopic (exact) mass is 317 g/mol. The number of benzene rings is 1. The van der Waals surface area contributed by atoms with E-state index in [1.54, 1.807) is 0 Å². The highest BCUT2D eigenvalue weighted by Crippen LogP contribution is 2.18. The molecular formula is C16H13ClFN3O. The smallest absolute Gasteiger partial charge is 0.256 e. The van der Waals surface area contributed by atoms with Crippen LogP contribution in [0.25, 0.3) is 5.65 Å². The maximum absolute atomic E-state index is 13.7. The zero-order valence-corrected chi connectivity index (χ0v) is 12.6. The molecule has 6 heteroatoms. The molecule has 2 aromatic heterocycles. The number of pyridine rings is 1.